The summed E-state index contributed by atoms with van der Waals surface area (Å²) in [6, 6.07) is 3.67. The smallest absolute Gasteiger partial charge is 0.141 e. The van der Waals surface area contributed by atoms with Gasteiger partial charge in [0.2, 0.25) is 0 Å². The van der Waals surface area contributed by atoms with Gasteiger partial charge in [0, 0.05) is 28.6 Å². The summed E-state index contributed by atoms with van der Waals surface area (Å²) >= 11 is 3.46. The fourth-order valence-corrected chi connectivity index (χ4v) is 2.08. The number of fused-ring (bicyclic) bond motifs is 1. The van der Waals surface area contributed by atoms with Crippen molar-refractivity contribution in [2.24, 2.45) is 0 Å². The fourth-order valence-electron chi connectivity index (χ4n) is 1.67. The Kier molecular flexibility index (Phi) is 2.29. The van der Waals surface area contributed by atoms with E-state index >= 15 is 0 Å². The molecule has 3 aromatic rings. The monoisotopic (exact) mass is 289 g/mol. The number of nitrogens with two attached hydrogens (primary N) is 1. The molecule has 0 amide bonds. The maximum Gasteiger partial charge on any atom is 0.141 e. The van der Waals surface area contributed by atoms with Crippen LogP contribution in [0.15, 0.2) is 41.5 Å². The van der Waals surface area contributed by atoms with Gasteiger partial charge in [-0.2, -0.15) is 0 Å². The molecule has 2 N–H and O–H groups in total. The van der Waals surface area contributed by atoms with Gasteiger partial charge in [-0.05, 0) is 28.1 Å². The first-order chi connectivity index (χ1) is 8.27. The summed E-state index contributed by atoms with van der Waals surface area (Å²) in [7, 11) is 0. The van der Waals surface area contributed by atoms with Crippen molar-refractivity contribution in [3.8, 4) is 11.3 Å². The summed E-state index contributed by atoms with van der Waals surface area (Å²) in [6.45, 7) is 0. The Labute approximate surface area is 105 Å². The zero-order valence-electron chi connectivity index (χ0n) is 8.71. The van der Waals surface area contributed by atoms with Crippen molar-refractivity contribution >= 4 is 27.4 Å². The van der Waals surface area contributed by atoms with Crippen molar-refractivity contribution < 1.29 is 0 Å². The predicted molar refractivity (Wildman–Crippen MR) is 68.3 cm³/mol. The highest BCUT2D eigenvalue weighted by atomic mass is 79.9. The quantitative estimate of drug-likeness (QED) is 0.745. The van der Waals surface area contributed by atoms with Gasteiger partial charge in [0.25, 0.3) is 0 Å². The summed E-state index contributed by atoms with van der Waals surface area (Å²) < 4.78 is 2.66. The van der Waals surface area contributed by atoms with Crippen LogP contribution in [0.4, 0.5) is 5.82 Å². The third-order valence-corrected chi connectivity index (χ3v) is 3.18. The van der Waals surface area contributed by atoms with Gasteiger partial charge in [-0.15, -0.1) is 0 Å². The van der Waals surface area contributed by atoms with Gasteiger partial charge < -0.3 is 5.73 Å². The first-order valence-corrected chi connectivity index (χ1v) is 5.74. The zero-order chi connectivity index (χ0) is 11.8. The number of pyridine rings is 1. The highest BCUT2D eigenvalue weighted by molar-refractivity contribution is 9.10. The van der Waals surface area contributed by atoms with Crippen LogP contribution < -0.4 is 5.73 Å². The molecule has 0 aliphatic rings. The first kappa shape index (κ1) is 10.2. The minimum absolute atomic E-state index is 0.557. The van der Waals surface area contributed by atoms with Gasteiger partial charge >= 0.3 is 0 Å². The average Bonchev–Trinajstić information content (AvgIpc) is 2.68. The SMILES string of the molecule is Nc1c(-c2cnccc2Br)nc2ccncn12. The molecule has 6 heteroatoms. The Bertz CT molecular complexity index is 691. The summed E-state index contributed by atoms with van der Waals surface area (Å²) in [5, 5.41) is 0. The Hall–Kier alpha value is -1.95. The van der Waals surface area contributed by atoms with Crippen molar-refractivity contribution in [3.63, 3.8) is 0 Å². The predicted octanol–water partition coefficient (Wildman–Crippen LogP) is 2.14. The highest BCUT2D eigenvalue weighted by Crippen LogP contribution is 2.30. The minimum atomic E-state index is 0.557. The second-order valence-corrected chi connectivity index (χ2v) is 4.36. The van der Waals surface area contributed by atoms with E-state index in [9.17, 15) is 0 Å². The molecule has 3 aromatic heterocycles. The van der Waals surface area contributed by atoms with Gasteiger partial charge in [0.1, 0.15) is 23.5 Å². The molecular formula is C11H8BrN5. The molecule has 0 radical (unpaired) electrons. The molecule has 5 nitrogen and oxygen atoms in total. The Morgan fingerprint density at radius 1 is 1.18 bits per heavy atom. The second-order valence-electron chi connectivity index (χ2n) is 3.51. The lowest BCUT2D eigenvalue weighted by Crippen LogP contribution is -1.95. The topological polar surface area (TPSA) is 69.1 Å². The van der Waals surface area contributed by atoms with Crippen LogP contribution >= 0.6 is 15.9 Å². The first-order valence-electron chi connectivity index (χ1n) is 4.95. The van der Waals surface area contributed by atoms with Gasteiger partial charge in [0.05, 0.1) is 0 Å². The minimum Gasteiger partial charge on any atom is -0.383 e. The standard InChI is InChI=1S/C11H8BrN5/c12-8-1-3-14-5-7(8)10-11(13)17-6-15-4-2-9(17)16-10/h1-6H,13H2. The van der Waals surface area contributed by atoms with Crippen LogP contribution in [-0.2, 0) is 0 Å². The Morgan fingerprint density at radius 3 is 2.76 bits per heavy atom. The number of nitrogen functional groups attached to an aromatic ring is 1. The molecule has 3 rings (SSSR count). The molecule has 0 unspecified atom stereocenters. The molecule has 0 aliphatic heterocycles. The number of halogens is 1. The number of hydrogen-bond donors (Lipinski definition) is 1. The number of imidazole rings is 1. The van der Waals surface area contributed by atoms with Crippen LogP contribution in [-0.4, -0.2) is 19.4 Å². The summed E-state index contributed by atoms with van der Waals surface area (Å²) in [6.07, 6.45) is 6.77. The summed E-state index contributed by atoms with van der Waals surface area (Å²) in [5.41, 5.74) is 8.39. The van der Waals surface area contributed by atoms with Crippen LogP contribution in [0.25, 0.3) is 16.9 Å². The fraction of sp³-hybridized carbons (Fsp3) is 0. The lowest BCUT2D eigenvalue weighted by atomic mass is 10.2. The lowest BCUT2D eigenvalue weighted by molar-refractivity contribution is 1.09. The maximum absolute atomic E-state index is 6.05. The van der Waals surface area contributed by atoms with Gasteiger partial charge in [-0.1, -0.05) is 0 Å². The van der Waals surface area contributed by atoms with Gasteiger partial charge in [0.15, 0.2) is 0 Å². The molecular weight excluding hydrogens is 282 g/mol. The molecule has 0 atom stereocenters. The van der Waals surface area contributed by atoms with E-state index in [2.05, 4.69) is 30.9 Å². The van der Waals surface area contributed by atoms with E-state index < -0.39 is 0 Å². The van der Waals surface area contributed by atoms with Crippen LogP contribution in [0.3, 0.4) is 0 Å². The number of rotatable bonds is 1. The molecule has 0 aromatic carbocycles. The molecule has 0 bridgehead atoms. The van der Waals surface area contributed by atoms with Crippen molar-refractivity contribution in [3.05, 3.63) is 41.5 Å². The number of aromatic nitrogens is 4. The largest absolute Gasteiger partial charge is 0.383 e. The molecule has 0 spiro atoms. The van der Waals surface area contributed by atoms with Gasteiger partial charge in [-0.3, -0.25) is 9.38 Å². The van der Waals surface area contributed by atoms with Crippen molar-refractivity contribution in [1.82, 2.24) is 19.4 Å². The van der Waals surface area contributed by atoms with E-state index in [-0.39, 0.29) is 0 Å². The Morgan fingerprint density at radius 2 is 2.00 bits per heavy atom. The highest BCUT2D eigenvalue weighted by Gasteiger charge is 2.13. The van der Waals surface area contributed by atoms with E-state index in [0.717, 1.165) is 15.7 Å². The lowest BCUT2D eigenvalue weighted by Gasteiger charge is -2.00. The molecule has 0 saturated heterocycles. The molecule has 0 saturated carbocycles. The summed E-state index contributed by atoms with van der Waals surface area (Å²) in [5.74, 6) is 0.557. The Balaban J connectivity index is 2.32. The normalized spacial score (nSPS) is 10.9. The molecule has 3 heterocycles. The maximum atomic E-state index is 6.05. The van der Waals surface area contributed by atoms with Crippen molar-refractivity contribution in [1.29, 1.82) is 0 Å². The van der Waals surface area contributed by atoms with E-state index in [1.54, 1.807) is 29.3 Å². The number of anilines is 1. The van der Waals surface area contributed by atoms with Crippen LogP contribution in [0.5, 0.6) is 0 Å². The van der Waals surface area contributed by atoms with Crippen LogP contribution in [0.1, 0.15) is 0 Å². The van der Waals surface area contributed by atoms with Crippen LogP contribution in [0, 0.1) is 0 Å². The van der Waals surface area contributed by atoms with Crippen molar-refractivity contribution in [2.45, 2.75) is 0 Å². The zero-order valence-corrected chi connectivity index (χ0v) is 10.3. The molecule has 84 valence electrons. The van der Waals surface area contributed by atoms with Gasteiger partial charge in [-0.25, -0.2) is 9.97 Å². The number of hydrogen-bond acceptors (Lipinski definition) is 4. The van der Waals surface area contributed by atoms with E-state index in [1.165, 1.54) is 0 Å². The molecule has 0 aliphatic carbocycles. The van der Waals surface area contributed by atoms with E-state index in [0.29, 0.717) is 11.5 Å². The third kappa shape index (κ3) is 1.57. The van der Waals surface area contributed by atoms with E-state index in [1.807, 2.05) is 12.1 Å². The molecule has 17 heavy (non-hydrogen) atoms. The molecule has 0 fully saturated rings. The average molecular weight is 290 g/mol. The van der Waals surface area contributed by atoms with Crippen molar-refractivity contribution in [2.75, 3.05) is 5.73 Å². The van der Waals surface area contributed by atoms with Crippen LogP contribution in [0.2, 0.25) is 0 Å². The summed E-state index contributed by atoms with van der Waals surface area (Å²) in [4.78, 5) is 12.6. The van der Waals surface area contributed by atoms with E-state index in [4.69, 9.17) is 5.73 Å². The third-order valence-electron chi connectivity index (χ3n) is 2.49. The second kappa shape index (κ2) is 3.81. The number of nitrogens with zero attached hydrogens (tertiary/aromatic N) is 4.